The Balaban J connectivity index is 2.51. The van der Waals surface area contributed by atoms with Crippen LogP contribution in [0.1, 0.15) is 27.2 Å². The molecule has 0 radical (unpaired) electrons. The van der Waals surface area contributed by atoms with E-state index in [9.17, 15) is 9.59 Å². The number of likely N-dealkylation sites (tertiary alicyclic amines) is 1. The molecule has 0 aromatic heterocycles. The summed E-state index contributed by atoms with van der Waals surface area (Å²) < 4.78 is 0. The van der Waals surface area contributed by atoms with Crippen molar-refractivity contribution in [1.82, 2.24) is 9.80 Å². The van der Waals surface area contributed by atoms with Crippen molar-refractivity contribution >= 4 is 11.9 Å². The molecule has 5 nitrogen and oxygen atoms in total. The van der Waals surface area contributed by atoms with E-state index < -0.39 is 12.0 Å². The van der Waals surface area contributed by atoms with Gasteiger partial charge in [-0.25, -0.2) is 4.79 Å². The molecule has 0 saturated carbocycles. The Bertz CT molecular complexity index is 317. The lowest BCUT2D eigenvalue weighted by Gasteiger charge is -2.25. The molecule has 1 heterocycles. The molecule has 1 amide bonds. The van der Waals surface area contributed by atoms with Crippen LogP contribution in [0.15, 0.2) is 0 Å². The summed E-state index contributed by atoms with van der Waals surface area (Å²) in [6.45, 7) is 8.56. The summed E-state index contributed by atoms with van der Waals surface area (Å²) in [6.07, 6.45) is 0.836. The molecule has 0 bridgehead atoms. The lowest BCUT2D eigenvalue weighted by atomic mass is 10.1. The number of carboxylic acid groups (broad SMARTS) is 1. The van der Waals surface area contributed by atoms with Gasteiger partial charge < -0.3 is 14.9 Å². The Morgan fingerprint density at radius 2 is 2.00 bits per heavy atom. The number of carbonyl (C=O) groups excluding carboxylic acids is 1. The highest BCUT2D eigenvalue weighted by atomic mass is 16.4. The summed E-state index contributed by atoms with van der Waals surface area (Å²) in [5.41, 5.74) is 0. The molecule has 0 unspecified atom stereocenters. The topological polar surface area (TPSA) is 60.9 Å². The van der Waals surface area contributed by atoms with Gasteiger partial charge >= 0.3 is 5.97 Å². The van der Waals surface area contributed by atoms with Crippen molar-refractivity contribution in [2.45, 2.75) is 33.2 Å². The van der Waals surface area contributed by atoms with Gasteiger partial charge in [0.15, 0.2) is 0 Å². The van der Waals surface area contributed by atoms with E-state index >= 15 is 0 Å². The third-order valence-corrected chi connectivity index (χ3v) is 3.53. The van der Waals surface area contributed by atoms with Crippen LogP contribution in [-0.2, 0) is 9.59 Å². The van der Waals surface area contributed by atoms with Crippen LogP contribution in [0.4, 0.5) is 0 Å². The summed E-state index contributed by atoms with van der Waals surface area (Å²) in [6, 6.07) is -0.753. The van der Waals surface area contributed by atoms with Gasteiger partial charge in [-0.2, -0.15) is 0 Å². The second-order valence-electron chi connectivity index (χ2n) is 5.60. The number of hydrogen-bond acceptors (Lipinski definition) is 3. The maximum atomic E-state index is 12.2. The number of rotatable bonds is 5. The van der Waals surface area contributed by atoms with E-state index in [0.717, 1.165) is 26.1 Å². The van der Waals surface area contributed by atoms with Crippen LogP contribution in [0.5, 0.6) is 0 Å². The second-order valence-corrected chi connectivity index (χ2v) is 5.60. The molecule has 0 aliphatic carbocycles. The van der Waals surface area contributed by atoms with Crippen LogP contribution >= 0.6 is 0 Å². The highest BCUT2D eigenvalue weighted by molar-refractivity contribution is 5.84. The lowest BCUT2D eigenvalue weighted by molar-refractivity contribution is -0.149. The van der Waals surface area contributed by atoms with Crippen LogP contribution < -0.4 is 0 Å². The van der Waals surface area contributed by atoms with Gasteiger partial charge in [0, 0.05) is 20.1 Å². The summed E-state index contributed by atoms with van der Waals surface area (Å²) in [5.74, 6) is -0.455. The van der Waals surface area contributed by atoms with Gasteiger partial charge in [0.05, 0.1) is 5.92 Å². The van der Waals surface area contributed by atoms with Crippen LogP contribution in [0.25, 0.3) is 0 Å². The number of likely N-dealkylation sites (N-methyl/N-ethyl adjacent to an activating group) is 1. The molecule has 104 valence electrons. The Morgan fingerprint density at radius 1 is 1.39 bits per heavy atom. The molecule has 1 aliphatic rings. The second kappa shape index (κ2) is 6.18. The van der Waals surface area contributed by atoms with Gasteiger partial charge in [0.2, 0.25) is 5.91 Å². The summed E-state index contributed by atoms with van der Waals surface area (Å²) in [7, 11) is 1.58. The number of amides is 1. The third-order valence-electron chi connectivity index (χ3n) is 3.53. The predicted octanol–water partition coefficient (Wildman–Crippen LogP) is 0.896. The first-order chi connectivity index (χ1) is 8.32. The summed E-state index contributed by atoms with van der Waals surface area (Å²) >= 11 is 0. The highest BCUT2D eigenvalue weighted by Gasteiger charge is 2.33. The van der Waals surface area contributed by atoms with Crippen molar-refractivity contribution in [2.75, 3.05) is 26.7 Å². The van der Waals surface area contributed by atoms with E-state index in [0.29, 0.717) is 5.92 Å². The zero-order chi connectivity index (χ0) is 13.9. The first-order valence-electron chi connectivity index (χ1n) is 6.54. The first kappa shape index (κ1) is 15.0. The van der Waals surface area contributed by atoms with E-state index in [1.54, 1.807) is 14.0 Å². The van der Waals surface area contributed by atoms with Gasteiger partial charge in [-0.3, -0.25) is 4.79 Å². The fraction of sp³-hybridized carbons (Fsp3) is 0.846. The number of carbonyl (C=O) groups is 2. The maximum absolute atomic E-state index is 12.2. The number of hydrogen-bond donors (Lipinski definition) is 1. The van der Waals surface area contributed by atoms with Gasteiger partial charge in [-0.1, -0.05) is 13.8 Å². The van der Waals surface area contributed by atoms with Crippen LogP contribution in [0.3, 0.4) is 0 Å². The van der Waals surface area contributed by atoms with Crippen LogP contribution in [-0.4, -0.2) is 59.5 Å². The molecule has 0 spiro atoms. The standard InChI is InChI=1S/C13H24N2O3/c1-9(2)7-15-6-5-11(8-15)12(16)14(4)10(3)13(17)18/h9-11H,5-8H2,1-4H3,(H,17,18)/t10-,11+/m1/s1. The van der Waals surface area contributed by atoms with E-state index in [1.165, 1.54) is 4.90 Å². The fourth-order valence-corrected chi connectivity index (χ4v) is 2.36. The minimum absolute atomic E-state index is 0.0452. The third kappa shape index (κ3) is 3.70. The normalized spacial score (nSPS) is 22.2. The van der Waals surface area contributed by atoms with E-state index in [-0.39, 0.29) is 11.8 Å². The molecular weight excluding hydrogens is 232 g/mol. The van der Waals surface area contributed by atoms with Crippen LogP contribution in [0, 0.1) is 11.8 Å². The lowest BCUT2D eigenvalue weighted by Crippen LogP contribution is -2.44. The quantitative estimate of drug-likeness (QED) is 0.794. The van der Waals surface area contributed by atoms with Crippen LogP contribution in [0.2, 0.25) is 0 Å². The van der Waals surface area contributed by atoms with Crippen molar-refractivity contribution in [3.8, 4) is 0 Å². The molecule has 1 fully saturated rings. The zero-order valence-electron chi connectivity index (χ0n) is 11.7. The number of aliphatic carboxylic acids is 1. The Hall–Kier alpha value is -1.10. The number of nitrogens with zero attached hydrogens (tertiary/aromatic N) is 2. The van der Waals surface area contributed by atoms with Gasteiger partial charge in [-0.05, 0) is 25.8 Å². The van der Waals surface area contributed by atoms with Gasteiger partial charge in [0.1, 0.15) is 6.04 Å². The average molecular weight is 256 g/mol. The smallest absolute Gasteiger partial charge is 0.326 e. The van der Waals surface area contributed by atoms with Crippen molar-refractivity contribution < 1.29 is 14.7 Å². The molecular formula is C13H24N2O3. The van der Waals surface area contributed by atoms with Crippen molar-refractivity contribution in [1.29, 1.82) is 0 Å². The highest BCUT2D eigenvalue weighted by Crippen LogP contribution is 2.20. The largest absolute Gasteiger partial charge is 0.480 e. The average Bonchev–Trinajstić information content (AvgIpc) is 2.73. The Morgan fingerprint density at radius 3 is 2.50 bits per heavy atom. The molecule has 0 aromatic carbocycles. The monoisotopic (exact) mass is 256 g/mol. The Kier molecular flexibility index (Phi) is 5.14. The molecule has 1 aliphatic heterocycles. The van der Waals surface area contributed by atoms with Gasteiger partial charge in [-0.15, -0.1) is 0 Å². The molecule has 1 saturated heterocycles. The van der Waals surface area contributed by atoms with Crippen molar-refractivity contribution in [2.24, 2.45) is 11.8 Å². The van der Waals surface area contributed by atoms with E-state index in [2.05, 4.69) is 18.7 Å². The predicted molar refractivity (Wildman–Crippen MR) is 69.3 cm³/mol. The minimum atomic E-state index is -0.956. The SMILES string of the molecule is CC(C)CN1CC[C@H](C(=O)N(C)[C@H](C)C(=O)O)C1. The summed E-state index contributed by atoms with van der Waals surface area (Å²) in [4.78, 5) is 26.7. The molecule has 0 aromatic rings. The van der Waals surface area contributed by atoms with Crippen molar-refractivity contribution in [3.05, 3.63) is 0 Å². The Labute approximate surface area is 109 Å². The first-order valence-corrected chi connectivity index (χ1v) is 6.54. The van der Waals surface area contributed by atoms with E-state index in [4.69, 9.17) is 5.11 Å². The molecule has 18 heavy (non-hydrogen) atoms. The maximum Gasteiger partial charge on any atom is 0.326 e. The molecule has 5 heteroatoms. The molecule has 2 atom stereocenters. The number of carboxylic acids is 1. The fourth-order valence-electron chi connectivity index (χ4n) is 2.36. The molecule has 1 rings (SSSR count). The van der Waals surface area contributed by atoms with E-state index in [1.807, 2.05) is 0 Å². The van der Waals surface area contributed by atoms with Gasteiger partial charge in [0.25, 0.3) is 0 Å². The zero-order valence-corrected chi connectivity index (χ0v) is 11.7. The minimum Gasteiger partial charge on any atom is -0.480 e. The van der Waals surface area contributed by atoms with Crippen molar-refractivity contribution in [3.63, 3.8) is 0 Å². The summed E-state index contributed by atoms with van der Waals surface area (Å²) in [5, 5.41) is 8.91. The molecule has 1 N–H and O–H groups in total.